The van der Waals surface area contributed by atoms with E-state index in [1.807, 2.05) is 31.0 Å². The molecular weight excluding hydrogens is 150 g/mol. The van der Waals surface area contributed by atoms with Gasteiger partial charge in [-0.1, -0.05) is 5.92 Å². The van der Waals surface area contributed by atoms with Gasteiger partial charge in [0.05, 0.1) is 13.1 Å². The summed E-state index contributed by atoms with van der Waals surface area (Å²) in [7, 11) is 1.97. The monoisotopic (exact) mass is 163 g/mol. The molecule has 0 atom stereocenters. The number of furan rings is 1. The first-order valence-corrected chi connectivity index (χ1v) is 3.89. The van der Waals surface area contributed by atoms with Gasteiger partial charge in [-0.2, -0.15) is 0 Å². The molecule has 0 radical (unpaired) electrons. The van der Waals surface area contributed by atoms with Crippen LogP contribution in [0.15, 0.2) is 16.5 Å². The predicted octanol–water partition coefficient (Wildman–Crippen LogP) is 1.65. The van der Waals surface area contributed by atoms with Crippen LogP contribution in [0.2, 0.25) is 0 Å². The Bertz CT molecular complexity index is 282. The molecule has 0 spiro atoms. The molecule has 12 heavy (non-hydrogen) atoms. The Morgan fingerprint density at radius 1 is 1.58 bits per heavy atom. The van der Waals surface area contributed by atoms with Crippen molar-refractivity contribution in [3.8, 4) is 12.3 Å². The molecule has 2 heteroatoms. The molecule has 0 aromatic carbocycles. The summed E-state index contributed by atoms with van der Waals surface area (Å²) in [6.07, 6.45) is 5.17. The van der Waals surface area contributed by atoms with Crippen LogP contribution in [0.25, 0.3) is 0 Å². The summed E-state index contributed by atoms with van der Waals surface area (Å²) in [4.78, 5) is 2.03. The summed E-state index contributed by atoms with van der Waals surface area (Å²) in [5.41, 5.74) is 0. The average Bonchev–Trinajstić information content (AvgIpc) is 2.36. The summed E-state index contributed by atoms with van der Waals surface area (Å²) in [6, 6.07) is 3.93. The van der Waals surface area contributed by atoms with Crippen LogP contribution in [0.3, 0.4) is 0 Å². The van der Waals surface area contributed by atoms with E-state index >= 15 is 0 Å². The molecule has 0 aliphatic rings. The average molecular weight is 163 g/mol. The van der Waals surface area contributed by atoms with E-state index in [0.717, 1.165) is 18.1 Å². The summed E-state index contributed by atoms with van der Waals surface area (Å²) in [5.74, 6) is 4.49. The van der Waals surface area contributed by atoms with Gasteiger partial charge < -0.3 is 4.42 Å². The van der Waals surface area contributed by atoms with Crippen molar-refractivity contribution in [1.29, 1.82) is 0 Å². The zero-order valence-corrected chi connectivity index (χ0v) is 7.50. The fraction of sp³-hybridized carbons (Fsp3) is 0.400. The lowest BCUT2D eigenvalue weighted by atomic mass is 10.4. The van der Waals surface area contributed by atoms with Crippen LogP contribution >= 0.6 is 0 Å². The second-order valence-electron chi connectivity index (χ2n) is 2.89. The first kappa shape index (κ1) is 8.89. The van der Waals surface area contributed by atoms with E-state index in [1.165, 1.54) is 0 Å². The van der Waals surface area contributed by atoms with Crippen molar-refractivity contribution >= 4 is 0 Å². The van der Waals surface area contributed by atoms with Crippen LogP contribution in [0, 0.1) is 19.3 Å². The minimum atomic E-state index is 0.653. The molecule has 0 unspecified atom stereocenters. The third kappa shape index (κ3) is 2.44. The standard InChI is InChI=1S/C10H13NO/c1-4-7-11(3)8-10-6-5-9(2)12-10/h1,5-6H,7-8H2,2-3H3. The Labute approximate surface area is 73.2 Å². The topological polar surface area (TPSA) is 16.4 Å². The molecule has 0 N–H and O–H groups in total. The predicted molar refractivity (Wildman–Crippen MR) is 48.6 cm³/mol. The molecule has 0 saturated heterocycles. The van der Waals surface area contributed by atoms with Gasteiger partial charge in [-0.15, -0.1) is 6.42 Å². The maximum Gasteiger partial charge on any atom is 0.118 e. The van der Waals surface area contributed by atoms with Crippen molar-refractivity contribution in [1.82, 2.24) is 4.90 Å². The van der Waals surface area contributed by atoms with Crippen LogP contribution in [0.1, 0.15) is 11.5 Å². The SMILES string of the molecule is C#CCN(C)Cc1ccc(C)o1. The maximum absolute atomic E-state index is 5.39. The Balaban J connectivity index is 2.47. The van der Waals surface area contributed by atoms with E-state index in [2.05, 4.69) is 5.92 Å². The first-order chi connectivity index (χ1) is 5.72. The summed E-state index contributed by atoms with van der Waals surface area (Å²) >= 11 is 0. The van der Waals surface area contributed by atoms with Crippen LogP contribution in [-0.4, -0.2) is 18.5 Å². The van der Waals surface area contributed by atoms with Crippen LogP contribution < -0.4 is 0 Å². The molecule has 0 aliphatic heterocycles. The molecule has 0 amide bonds. The first-order valence-electron chi connectivity index (χ1n) is 3.89. The zero-order chi connectivity index (χ0) is 8.97. The highest BCUT2D eigenvalue weighted by atomic mass is 16.3. The Morgan fingerprint density at radius 2 is 2.33 bits per heavy atom. The zero-order valence-electron chi connectivity index (χ0n) is 7.50. The molecule has 0 fully saturated rings. The van der Waals surface area contributed by atoms with Crippen LogP contribution in [-0.2, 0) is 6.54 Å². The molecule has 1 aromatic heterocycles. The molecule has 0 bridgehead atoms. The van der Waals surface area contributed by atoms with Crippen LogP contribution in [0.5, 0.6) is 0 Å². The van der Waals surface area contributed by atoms with Gasteiger partial charge in [0.15, 0.2) is 0 Å². The number of hydrogen-bond acceptors (Lipinski definition) is 2. The fourth-order valence-corrected chi connectivity index (χ4v) is 1.05. The molecule has 0 saturated carbocycles. The molecule has 2 nitrogen and oxygen atoms in total. The molecule has 1 heterocycles. The normalized spacial score (nSPS) is 10.2. The van der Waals surface area contributed by atoms with Crippen molar-refractivity contribution in [2.45, 2.75) is 13.5 Å². The van der Waals surface area contributed by atoms with Gasteiger partial charge in [-0.05, 0) is 26.1 Å². The minimum Gasteiger partial charge on any atom is -0.465 e. The number of hydrogen-bond donors (Lipinski definition) is 0. The lowest BCUT2D eigenvalue weighted by molar-refractivity contribution is 0.323. The third-order valence-electron chi connectivity index (χ3n) is 1.58. The van der Waals surface area contributed by atoms with Gasteiger partial charge in [0.25, 0.3) is 0 Å². The van der Waals surface area contributed by atoms with E-state index in [0.29, 0.717) is 6.54 Å². The summed E-state index contributed by atoms with van der Waals surface area (Å²) in [6.45, 7) is 3.36. The highest BCUT2D eigenvalue weighted by Gasteiger charge is 2.01. The van der Waals surface area contributed by atoms with Gasteiger partial charge >= 0.3 is 0 Å². The van der Waals surface area contributed by atoms with Gasteiger partial charge in [0.2, 0.25) is 0 Å². The largest absolute Gasteiger partial charge is 0.465 e. The van der Waals surface area contributed by atoms with E-state index in [1.54, 1.807) is 0 Å². The third-order valence-corrected chi connectivity index (χ3v) is 1.58. The fourth-order valence-electron chi connectivity index (χ4n) is 1.05. The van der Waals surface area contributed by atoms with E-state index in [4.69, 9.17) is 10.8 Å². The summed E-state index contributed by atoms with van der Waals surface area (Å²) in [5, 5.41) is 0. The van der Waals surface area contributed by atoms with Gasteiger partial charge in [0, 0.05) is 0 Å². The van der Waals surface area contributed by atoms with Gasteiger partial charge in [-0.3, -0.25) is 4.90 Å². The van der Waals surface area contributed by atoms with E-state index < -0.39 is 0 Å². The Hall–Kier alpha value is -1.20. The molecule has 0 aliphatic carbocycles. The summed E-state index contributed by atoms with van der Waals surface area (Å²) < 4.78 is 5.39. The van der Waals surface area contributed by atoms with Crippen molar-refractivity contribution in [2.75, 3.05) is 13.6 Å². The van der Waals surface area contributed by atoms with Crippen molar-refractivity contribution in [2.24, 2.45) is 0 Å². The molecule has 1 aromatic rings. The highest BCUT2D eigenvalue weighted by molar-refractivity contribution is 5.05. The van der Waals surface area contributed by atoms with Crippen molar-refractivity contribution in [3.05, 3.63) is 23.7 Å². The van der Waals surface area contributed by atoms with Gasteiger partial charge in [-0.25, -0.2) is 0 Å². The van der Waals surface area contributed by atoms with Crippen molar-refractivity contribution in [3.63, 3.8) is 0 Å². The van der Waals surface area contributed by atoms with E-state index in [-0.39, 0.29) is 0 Å². The molecule has 1 rings (SSSR count). The maximum atomic E-state index is 5.39. The number of nitrogens with zero attached hydrogens (tertiary/aromatic N) is 1. The van der Waals surface area contributed by atoms with Gasteiger partial charge in [0.1, 0.15) is 11.5 Å². The Morgan fingerprint density at radius 3 is 2.83 bits per heavy atom. The second kappa shape index (κ2) is 3.99. The number of rotatable bonds is 3. The van der Waals surface area contributed by atoms with Crippen molar-refractivity contribution < 1.29 is 4.42 Å². The van der Waals surface area contributed by atoms with Crippen LogP contribution in [0.4, 0.5) is 0 Å². The second-order valence-corrected chi connectivity index (χ2v) is 2.89. The highest BCUT2D eigenvalue weighted by Crippen LogP contribution is 2.07. The number of aryl methyl sites for hydroxylation is 1. The minimum absolute atomic E-state index is 0.653. The quantitative estimate of drug-likeness (QED) is 0.630. The number of terminal acetylenes is 1. The molecule has 64 valence electrons. The van der Waals surface area contributed by atoms with E-state index in [9.17, 15) is 0 Å². The lowest BCUT2D eigenvalue weighted by Crippen LogP contribution is -2.17. The Kier molecular flexibility index (Phi) is 2.95. The lowest BCUT2D eigenvalue weighted by Gasteiger charge is -2.09. The smallest absolute Gasteiger partial charge is 0.118 e. The molecular formula is C10H13NO.